The second-order valence-electron chi connectivity index (χ2n) is 4.06. The fourth-order valence-corrected chi connectivity index (χ4v) is 2.52. The van der Waals surface area contributed by atoms with Crippen molar-refractivity contribution < 1.29 is 9.66 Å². The van der Waals surface area contributed by atoms with Gasteiger partial charge in [-0.3, -0.25) is 10.1 Å². The molecular formula is C13H14N2O3S. The van der Waals surface area contributed by atoms with Crippen molar-refractivity contribution in [2.24, 2.45) is 0 Å². The summed E-state index contributed by atoms with van der Waals surface area (Å²) >= 11 is 1.66. The van der Waals surface area contributed by atoms with E-state index in [9.17, 15) is 10.1 Å². The number of hydrogen-bond acceptors (Lipinski definition) is 5. The Morgan fingerprint density at radius 1 is 1.42 bits per heavy atom. The van der Waals surface area contributed by atoms with Gasteiger partial charge in [0.05, 0.1) is 18.1 Å². The van der Waals surface area contributed by atoms with Crippen molar-refractivity contribution in [3.05, 3.63) is 50.2 Å². The first-order valence-electron chi connectivity index (χ1n) is 5.70. The number of anilines is 1. The first kappa shape index (κ1) is 13.4. The Labute approximate surface area is 115 Å². The molecule has 0 saturated carbocycles. The van der Waals surface area contributed by atoms with Crippen LogP contribution in [0.1, 0.15) is 10.4 Å². The molecule has 5 nitrogen and oxygen atoms in total. The van der Waals surface area contributed by atoms with Gasteiger partial charge in [-0.1, -0.05) is 0 Å². The number of rotatable bonds is 5. The third kappa shape index (κ3) is 3.23. The number of aryl methyl sites for hydroxylation is 1. The SMILES string of the molecule is COc1cc(NCc2sccc2C)cc([N+](=O)[O-])c1. The lowest BCUT2D eigenvalue weighted by Crippen LogP contribution is -2.00. The van der Waals surface area contributed by atoms with Crippen molar-refractivity contribution >= 4 is 22.7 Å². The highest BCUT2D eigenvalue weighted by atomic mass is 32.1. The van der Waals surface area contributed by atoms with E-state index in [-0.39, 0.29) is 5.69 Å². The number of nitrogens with one attached hydrogen (secondary N) is 1. The molecule has 19 heavy (non-hydrogen) atoms. The van der Waals surface area contributed by atoms with Gasteiger partial charge in [-0.2, -0.15) is 0 Å². The number of methoxy groups -OCH3 is 1. The van der Waals surface area contributed by atoms with Gasteiger partial charge in [-0.05, 0) is 23.9 Å². The highest BCUT2D eigenvalue weighted by molar-refractivity contribution is 7.10. The molecule has 0 radical (unpaired) electrons. The first-order valence-corrected chi connectivity index (χ1v) is 6.58. The van der Waals surface area contributed by atoms with Gasteiger partial charge in [0.25, 0.3) is 5.69 Å². The Hall–Kier alpha value is -2.08. The monoisotopic (exact) mass is 278 g/mol. The maximum absolute atomic E-state index is 10.8. The maximum atomic E-state index is 10.8. The smallest absolute Gasteiger partial charge is 0.275 e. The van der Waals surface area contributed by atoms with Gasteiger partial charge in [0, 0.05) is 29.2 Å². The molecule has 0 bridgehead atoms. The molecule has 0 unspecified atom stereocenters. The van der Waals surface area contributed by atoms with E-state index in [4.69, 9.17) is 4.74 Å². The van der Waals surface area contributed by atoms with Crippen molar-refractivity contribution in [3.63, 3.8) is 0 Å². The summed E-state index contributed by atoms with van der Waals surface area (Å²) in [5.41, 5.74) is 1.92. The second kappa shape index (κ2) is 5.71. The van der Waals surface area contributed by atoms with Crippen LogP contribution in [0.4, 0.5) is 11.4 Å². The quantitative estimate of drug-likeness (QED) is 0.670. The zero-order valence-electron chi connectivity index (χ0n) is 10.7. The summed E-state index contributed by atoms with van der Waals surface area (Å²) in [5, 5.41) is 16.0. The normalized spacial score (nSPS) is 10.2. The number of benzene rings is 1. The molecule has 1 aromatic carbocycles. The van der Waals surface area contributed by atoms with Crippen LogP contribution in [-0.4, -0.2) is 12.0 Å². The predicted octanol–water partition coefficient (Wildman–Crippen LogP) is 3.59. The lowest BCUT2D eigenvalue weighted by atomic mass is 10.2. The largest absolute Gasteiger partial charge is 0.496 e. The van der Waals surface area contributed by atoms with Crippen LogP contribution in [-0.2, 0) is 6.54 Å². The minimum atomic E-state index is -0.426. The van der Waals surface area contributed by atoms with Crippen LogP contribution >= 0.6 is 11.3 Å². The van der Waals surface area contributed by atoms with Crippen LogP contribution in [0, 0.1) is 17.0 Å². The molecule has 1 heterocycles. The minimum absolute atomic E-state index is 0.0183. The summed E-state index contributed by atoms with van der Waals surface area (Å²) in [6.45, 7) is 2.69. The molecule has 100 valence electrons. The molecule has 0 saturated heterocycles. The number of thiophene rings is 1. The van der Waals surface area contributed by atoms with Gasteiger partial charge < -0.3 is 10.1 Å². The van der Waals surface area contributed by atoms with E-state index in [1.54, 1.807) is 17.4 Å². The number of nitrogens with zero attached hydrogens (tertiary/aromatic N) is 1. The van der Waals surface area contributed by atoms with E-state index in [1.165, 1.54) is 29.7 Å². The zero-order chi connectivity index (χ0) is 13.8. The Kier molecular flexibility index (Phi) is 4.01. The van der Waals surface area contributed by atoms with Crippen molar-refractivity contribution in [1.82, 2.24) is 0 Å². The standard InChI is InChI=1S/C13H14N2O3S/c1-9-3-4-19-13(9)8-14-10-5-11(15(16)17)7-12(6-10)18-2/h3-7,14H,8H2,1-2H3. The van der Waals surface area contributed by atoms with E-state index in [0.717, 1.165) is 0 Å². The van der Waals surface area contributed by atoms with Gasteiger partial charge in [0.15, 0.2) is 0 Å². The van der Waals surface area contributed by atoms with Gasteiger partial charge in [0.2, 0.25) is 0 Å². The van der Waals surface area contributed by atoms with E-state index in [0.29, 0.717) is 18.0 Å². The Bertz CT molecular complexity index is 595. The van der Waals surface area contributed by atoms with Crippen molar-refractivity contribution in [3.8, 4) is 5.75 Å². The van der Waals surface area contributed by atoms with Crippen LogP contribution in [0.2, 0.25) is 0 Å². The number of ether oxygens (including phenoxy) is 1. The van der Waals surface area contributed by atoms with Crippen LogP contribution in [0.15, 0.2) is 29.6 Å². The van der Waals surface area contributed by atoms with Gasteiger partial charge in [-0.25, -0.2) is 0 Å². The zero-order valence-corrected chi connectivity index (χ0v) is 11.5. The summed E-state index contributed by atoms with van der Waals surface area (Å²) in [6, 6.07) is 6.71. The van der Waals surface area contributed by atoms with Gasteiger partial charge in [0.1, 0.15) is 5.75 Å². The van der Waals surface area contributed by atoms with E-state index in [2.05, 4.69) is 11.4 Å². The molecule has 1 N–H and O–H groups in total. The molecular weight excluding hydrogens is 264 g/mol. The molecule has 0 spiro atoms. The van der Waals surface area contributed by atoms with Gasteiger partial charge >= 0.3 is 0 Å². The van der Waals surface area contributed by atoms with Crippen molar-refractivity contribution in [2.45, 2.75) is 13.5 Å². The fourth-order valence-electron chi connectivity index (χ4n) is 1.68. The number of nitro groups is 1. The average molecular weight is 278 g/mol. The second-order valence-corrected chi connectivity index (χ2v) is 5.06. The molecule has 6 heteroatoms. The highest BCUT2D eigenvalue weighted by Gasteiger charge is 2.10. The molecule has 0 aliphatic heterocycles. The first-order chi connectivity index (χ1) is 9.10. The molecule has 0 aliphatic carbocycles. The number of hydrogen-bond donors (Lipinski definition) is 1. The molecule has 0 amide bonds. The topological polar surface area (TPSA) is 64.4 Å². The summed E-state index contributed by atoms with van der Waals surface area (Å²) < 4.78 is 5.06. The average Bonchev–Trinajstić information content (AvgIpc) is 2.81. The van der Waals surface area contributed by atoms with Gasteiger partial charge in [-0.15, -0.1) is 11.3 Å². The number of nitro benzene ring substituents is 1. The third-order valence-electron chi connectivity index (χ3n) is 2.76. The van der Waals surface area contributed by atoms with Crippen molar-refractivity contribution in [1.29, 1.82) is 0 Å². The van der Waals surface area contributed by atoms with E-state index in [1.807, 2.05) is 12.3 Å². The summed E-state index contributed by atoms with van der Waals surface area (Å²) in [6.07, 6.45) is 0. The lowest BCUT2D eigenvalue weighted by Gasteiger charge is -2.08. The Morgan fingerprint density at radius 2 is 2.21 bits per heavy atom. The molecule has 0 atom stereocenters. The van der Waals surface area contributed by atoms with Crippen LogP contribution in [0.5, 0.6) is 5.75 Å². The predicted molar refractivity (Wildman–Crippen MR) is 76.0 cm³/mol. The van der Waals surface area contributed by atoms with Crippen LogP contribution in [0.25, 0.3) is 0 Å². The molecule has 2 aromatic rings. The Balaban J connectivity index is 2.17. The summed E-state index contributed by atoms with van der Waals surface area (Å²) in [5.74, 6) is 0.472. The summed E-state index contributed by atoms with van der Waals surface area (Å²) in [4.78, 5) is 11.6. The molecule has 1 aromatic heterocycles. The fraction of sp³-hybridized carbons (Fsp3) is 0.231. The highest BCUT2D eigenvalue weighted by Crippen LogP contribution is 2.26. The third-order valence-corrected chi connectivity index (χ3v) is 3.78. The number of non-ortho nitro benzene ring substituents is 1. The summed E-state index contributed by atoms with van der Waals surface area (Å²) in [7, 11) is 1.49. The molecule has 0 fully saturated rings. The Morgan fingerprint density at radius 3 is 2.79 bits per heavy atom. The van der Waals surface area contributed by atoms with Crippen LogP contribution < -0.4 is 10.1 Å². The van der Waals surface area contributed by atoms with Crippen molar-refractivity contribution in [2.75, 3.05) is 12.4 Å². The molecule has 2 rings (SSSR count). The van der Waals surface area contributed by atoms with Crippen LogP contribution in [0.3, 0.4) is 0 Å². The maximum Gasteiger partial charge on any atom is 0.275 e. The molecule has 0 aliphatic rings. The van der Waals surface area contributed by atoms with E-state index < -0.39 is 4.92 Å². The minimum Gasteiger partial charge on any atom is -0.496 e. The van der Waals surface area contributed by atoms with E-state index >= 15 is 0 Å². The lowest BCUT2D eigenvalue weighted by molar-refractivity contribution is -0.384.